The van der Waals surface area contributed by atoms with Crippen molar-refractivity contribution in [2.24, 2.45) is 0 Å². The lowest BCUT2D eigenvalue weighted by Gasteiger charge is -2.37. The van der Waals surface area contributed by atoms with Gasteiger partial charge in [0, 0.05) is 25.2 Å². The topological polar surface area (TPSA) is 130 Å². The average Bonchev–Trinajstić information content (AvgIpc) is 3.49. The summed E-state index contributed by atoms with van der Waals surface area (Å²) in [5.41, 5.74) is 4.52. The molecule has 4 heterocycles. The number of piperazine rings is 1. The van der Waals surface area contributed by atoms with Gasteiger partial charge in [-0.15, -0.1) is 0 Å². The predicted molar refractivity (Wildman–Crippen MR) is 149 cm³/mol. The number of nitrogens with zero attached hydrogens (tertiary/aromatic N) is 4. The number of carboxylic acids is 1. The summed E-state index contributed by atoms with van der Waals surface area (Å²) < 4.78 is 45.4. The van der Waals surface area contributed by atoms with Gasteiger partial charge in [0.1, 0.15) is 5.52 Å². The average molecular weight is 595 g/mol. The monoisotopic (exact) mass is 594 g/mol. The quantitative estimate of drug-likeness (QED) is 0.309. The molecule has 15 heteroatoms. The van der Waals surface area contributed by atoms with E-state index in [1.54, 1.807) is 24.9 Å². The van der Waals surface area contributed by atoms with Crippen LogP contribution in [0.4, 0.5) is 24.5 Å². The zero-order chi connectivity index (χ0) is 30.1. The Labute approximate surface area is 236 Å². The number of halogens is 3. The molecule has 41 heavy (non-hydrogen) atoms. The SMILES string of the molecule is COc1nc2c(C(=O)Nc3cc4cc(C)nn4cc3OC)ccc(N3C[C@H](C)N[C@@H](C)C3)c2s1.O=C(O)C(F)(F)F. The highest BCUT2D eigenvalue weighted by atomic mass is 32.1. The number of methoxy groups -OCH3 is 2. The molecule has 1 fully saturated rings. The van der Waals surface area contributed by atoms with Crippen LogP contribution in [0.2, 0.25) is 0 Å². The number of fused-ring (bicyclic) bond motifs is 2. The van der Waals surface area contributed by atoms with Crippen LogP contribution in [0, 0.1) is 6.92 Å². The first-order chi connectivity index (χ1) is 19.3. The number of benzene rings is 1. The van der Waals surface area contributed by atoms with Gasteiger partial charge in [-0.05, 0) is 45.0 Å². The molecule has 0 radical (unpaired) electrons. The van der Waals surface area contributed by atoms with E-state index < -0.39 is 12.1 Å². The second-order valence-electron chi connectivity index (χ2n) is 9.54. The largest absolute Gasteiger partial charge is 0.493 e. The molecule has 3 N–H and O–H groups in total. The summed E-state index contributed by atoms with van der Waals surface area (Å²) in [4.78, 5) is 29.3. The number of carboxylic acid groups (broad SMARTS) is 1. The highest BCUT2D eigenvalue weighted by Crippen LogP contribution is 2.38. The van der Waals surface area contributed by atoms with Crippen molar-refractivity contribution < 1.29 is 37.3 Å². The highest BCUT2D eigenvalue weighted by Gasteiger charge is 2.38. The van der Waals surface area contributed by atoms with Gasteiger partial charge in [0.25, 0.3) is 11.1 Å². The molecule has 0 bridgehead atoms. The summed E-state index contributed by atoms with van der Waals surface area (Å²) in [6, 6.07) is 8.39. The van der Waals surface area contributed by atoms with Crippen LogP contribution >= 0.6 is 11.3 Å². The lowest BCUT2D eigenvalue weighted by atomic mass is 10.1. The van der Waals surface area contributed by atoms with Crippen LogP contribution in [0.15, 0.2) is 30.5 Å². The molecule has 0 unspecified atom stereocenters. The summed E-state index contributed by atoms with van der Waals surface area (Å²) in [7, 11) is 3.17. The van der Waals surface area contributed by atoms with Gasteiger partial charge >= 0.3 is 12.1 Å². The number of aromatic nitrogens is 3. The molecule has 1 aromatic carbocycles. The Morgan fingerprint density at radius 1 is 1.15 bits per heavy atom. The third kappa shape index (κ3) is 6.62. The summed E-state index contributed by atoms with van der Waals surface area (Å²) in [6.07, 6.45) is -3.32. The van der Waals surface area contributed by atoms with Crippen LogP contribution in [-0.2, 0) is 4.79 Å². The normalized spacial score (nSPS) is 17.2. The van der Waals surface area contributed by atoms with Crippen molar-refractivity contribution in [2.45, 2.75) is 39.0 Å². The van der Waals surface area contributed by atoms with Crippen LogP contribution in [0.25, 0.3) is 15.7 Å². The summed E-state index contributed by atoms with van der Waals surface area (Å²) in [5.74, 6) is -2.49. The van der Waals surface area contributed by atoms with Crippen molar-refractivity contribution in [3.8, 4) is 10.9 Å². The maximum atomic E-state index is 13.4. The second kappa shape index (κ2) is 11.8. The molecule has 0 aliphatic carbocycles. The van der Waals surface area contributed by atoms with Crippen LogP contribution in [-0.4, -0.2) is 77.2 Å². The van der Waals surface area contributed by atoms with E-state index in [9.17, 15) is 18.0 Å². The van der Waals surface area contributed by atoms with Gasteiger partial charge in [-0.3, -0.25) is 4.79 Å². The number of aliphatic carboxylic acids is 1. The molecule has 0 spiro atoms. The lowest BCUT2D eigenvalue weighted by Crippen LogP contribution is -2.54. The molecule has 1 aliphatic rings. The molecule has 1 amide bonds. The number of nitrogens with one attached hydrogen (secondary N) is 2. The number of aryl methyl sites for hydroxylation is 1. The Kier molecular flexibility index (Phi) is 8.58. The standard InChI is InChI=1S/C24H28N6O3S.C2HF3O2/c1-13-8-16-9-18(20(32-4)12-30(16)28-13)26-23(31)17-6-7-19(22-21(17)27-24(33-5)34-22)29-10-14(2)25-15(3)11-29;3-2(4,5)1(6)7/h6-9,12,14-15,25H,10-11H2,1-5H3,(H,26,31);(H,6,7)/t14-,15-;/m0./s1. The molecular weight excluding hydrogens is 565 g/mol. The van der Waals surface area contributed by atoms with Crippen molar-refractivity contribution in [3.05, 3.63) is 41.7 Å². The molecule has 1 aliphatic heterocycles. The molecule has 220 valence electrons. The second-order valence-corrected chi connectivity index (χ2v) is 10.5. The first-order valence-electron chi connectivity index (χ1n) is 12.4. The molecule has 0 saturated carbocycles. The summed E-state index contributed by atoms with van der Waals surface area (Å²) in [5, 5.41) is 18.6. The van der Waals surface area contributed by atoms with Gasteiger partial charge < -0.3 is 30.1 Å². The van der Waals surface area contributed by atoms with E-state index in [2.05, 4.69) is 39.5 Å². The number of hydrogen-bond acceptors (Lipinski definition) is 9. The van der Waals surface area contributed by atoms with Crippen LogP contribution in [0.3, 0.4) is 0 Å². The Balaban J connectivity index is 0.000000493. The fourth-order valence-electron chi connectivity index (χ4n) is 4.61. The van der Waals surface area contributed by atoms with Crippen LogP contribution in [0.5, 0.6) is 10.9 Å². The Bertz CT molecular complexity index is 1580. The number of alkyl halides is 3. The van der Waals surface area contributed by atoms with Gasteiger partial charge in [-0.2, -0.15) is 18.3 Å². The van der Waals surface area contributed by atoms with Crippen LogP contribution in [0.1, 0.15) is 29.9 Å². The number of ether oxygens (including phenoxy) is 2. The van der Waals surface area contributed by atoms with Gasteiger partial charge in [-0.1, -0.05) is 11.3 Å². The molecule has 4 aromatic rings. The smallest absolute Gasteiger partial charge is 0.490 e. The van der Waals surface area contributed by atoms with E-state index in [1.807, 2.05) is 31.2 Å². The van der Waals surface area contributed by atoms with Crippen molar-refractivity contribution in [1.29, 1.82) is 0 Å². The zero-order valence-corrected chi connectivity index (χ0v) is 23.7. The van der Waals surface area contributed by atoms with Gasteiger partial charge in [0.05, 0.1) is 53.3 Å². The number of carbonyl (C=O) groups excluding carboxylic acids is 1. The maximum absolute atomic E-state index is 13.4. The number of amides is 1. The number of thiazole rings is 1. The van der Waals surface area contributed by atoms with Gasteiger partial charge in [0.2, 0.25) is 0 Å². The molecule has 2 atom stereocenters. The number of rotatable bonds is 5. The molecule has 1 saturated heterocycles. The van der Waals surface area contributed by atoms with Crippen molar-refractivity contribution in [2.75, 3.05) is 37.5 Å². The Morgan fingerprint density at radius 3 is 2.39 bits per heavy atom. The van der Waals surface area contributed by atoms with E-state index in [1.165, 1.54) is 11.3 Å². The number of carbonyl (C=O) groups is 2. The van der Waals surface area contributed by atoms with Gasteiger partial charge in [0.15, 0.2) is 5.75 Å². The Hall–Kier alpha value is -4.11. The molecule has 3 aromatic heterocycles. The summed E-state index contributed by atoms with van der Waals surface area (Å²) in [6.45, 7) is 8.05. The molecule has 5 rings (SSSR count). The number of hydrogen-bond donors (Lipinski definition) is 3. The van der Waals surface area contributed by atoms with Crippen molar-refractivity contribution in [1.82, 2.24) is 19.9 Å². The predicted octanol–water partition coefficient (Wildman–Crippen LogP) is 4.34. The Morgan fingerprint density at radius 2 is 1.80 bits per heavy atom. The third-order valence-electron chi connectivity index (χ3n) is 6.22. The van der Waals surface area contributed by atoms with Crippen LogP contribution < -0.4 is 25.0 Å². The minimum Gasteiger partial charge on any atom is -0.493 e. The lowest BCUT2D eigenvalue weighted by molar-refractivity contribution is -0.192. The first-order valence-corrected chi connectivity index (χ1v) is 13.3. The number of anilines is 2. The summed E-state index contributed by atoms with van der Waals surface area (Å²) >= 11 is 1.46. The third-order valence-corrected chi connectivity index (χ3v) is 7.25. The highest BCUT2D eigenvalue weighted by molar-refractivity contribution is 7.21. The fraction of sp³-hybridized carbons (Fsp3) is 0.385. The minimum absolute atomic E-state index is 0.259. The zero-order valence-electron chi connectivity index (χ0n) is 22.9. The minimum atomic E-state index is -5.08. The van der Waals surface area contributed by atoms with Crippen molar-refractivity contribution >= 4 is 50.3 Å². The van der Waals surface area contributed by atoms with Crippen molar-refractivity contribution in [3.63, 3.8) is 0 Å². The molecular formula is C26H29F3N6O5S. The molecule has 11 nitrogen and oxygen atoms in total. The van der Waals surface area contributed by atoms with E-state index in [-0.39, 0.29) is 5.91 Å². The fourth-order valence-corrected chi connectivity index (χ4v) is 5.56. The maximum Gasteiger partial charge on any atom is 0.490 e. The van der Waals surface area contributed by atoms with E-state index in [0.717, 1.165) is 34.7 Å². The van der Waals surface area contributed by atoms with Gasteiger partial charge in [-0.25, -0.2) is 14.3 Å². The van der Waals surface area contributed by atoms with E-state index in [0.29, 0.717) is 39.8 Å². The first kappa shape index (κ1) is 29.9. The number of pyridine rings is 1. The van der Waals surface area contributed by atoms with E-state index >= 15 is 0 Å². The van der Waals surface area contributed by atoms with E-state index in [4.69, 9.17) is 19.4 Å².